The Morgan fingerprint density at radius 1 is 1.22 bits per heavy atom. The van der Waals surface area contributed by atoms with Crippen molar-refractivity contribution in [1.29, 1.82) is 0 Å². The van der Waals surface area contributed by atoms with Gasteiger partial charge < -0.3 is 20.1 Å². The van der Waals surface area contributed by atoms with Crippen LogP contribution in [0.4, 0.5) is 0 Å². The topological polar surface area (TPSA) is 67.8 Å². The number of thiazole rings is 1. The van der Waals surface area contributed by atoms with Crippen molar-refractivity contribution in [3.63, 3.8) is 0 Å². The van der Waals surface area contributed by atoms with Crippen LogP contribution < -0.4 is 15.4 Å². The highest BCUT2D eigenvalue weighted by molar-refractivity contribution is 7.09. The van der Waals surface area contributed by atoms with Gasteiger partial charge in [0.1, 0.15) is 5.75 Å². The van der Waals surface area contributed by atoms with E-state index in [9.17, 15) is 0 Å². The fourth-order valence-electron chi connectivity index (χ4n) is 2.49. The molecule has 27 heavy (non-hydrogen) atoms. The molecule has 148 valence electrons. The van der Waals surface area contributed by atoms with Gasteiger partial charge in [-0.15, -0.1) is 11.3 Å². The summed E-state index contributed by atoms with van der Waals surface area (Å²) in [6, 6.07) is 6.26. The van der Waals surface area contributed by atoms with Crippen LogP contribution in [-0.4, -0.2) is 38.3 Å². The van der Waals surface area contributed by atoms with E-state index in [1.54, 1.807) is 25.5 Å². The van der Waals surface area contributed by atoms with E-state index in [0.29, 0.717) is 26.3 Å². The molecule has 0 amide bonds. The lowest BCUT2D eigenvalue weighted by Gasteiger charge is -2.15. The zero-order valence-corrected chi connectivity index (χ0v) is 17.5. The Balaban J connectivity index is 1.89. The standard InChI is InChI=1S/C20H30N4O2S/c1-5-19-24-17(14-27-19)13-23-20(21-3)22-12-16-8-7-15(2)11-18(16)26-10-6-9-25-4/h7-8,11,14H,5-6,9-10,12-13H2,1-4H3,(H2,21,22,23). The van der Waals surface area contributed by atoms with Crippen LogP contribution in [-0.2, 0) is 24.2 Å². The van der Waals surface area contributed by atoms with Crippen LogP contribution in [0.1, 0.15) is 35.2 Å². The smallest absolute Gasteiger partial charge is 0.191 e. The normalized spacial score (nSPS) is 11.5. The first-order valence-electron chi connectivity index (χ1n) is 9.25. The summed E-state index contributed by atoms with van der Waals surface area (Å²) in [6.07, 6.45) is 1.84. The van der Waals surface area contributed by atoms with Crippen LogP contribution >= 0.6 is 11.3 Å². The Bertz CT molecular complexity index is 731. The van der Waals surface area contributed by atoms with Crippen molar-refractivity contribution in [3.8, 4) is 5.75 Å². The van der Waals surface area contributed by atoms with Crippen LogP contribution in [0.2, 0.25) is 0 Å². The SMILES string of the molecule is CCc1nc(CNC(=NC)NCc2ccc(C)cc2OCCCOC)cs1. The molecule has 7 heteroatoms. The van der Waals surface area contributed by atoms with Crippen LogP contribution in [0.15, 0.2) is 28.6 Å². The highest BCUT2D eigenvalue weighted by atomic mass is 32.1. The Morgan fingerprint density at radius 3 is 2.74 bits per heavy atom. The van der Waals surface area contributed by atoms with Crippen molar-refractivity contribution >= 4 is 17.3 Å². The van der Waals surface area contributed by atoms with Crippen molar-refractivity contribution in [2.45, 2.75) is 39.8 Å². The average Bonchev–Trinajstić information content (AvgIpc) is 3.14. The molecular weight excluding hydrogens is 360 g/mol. The van der Waals surface area contributed by atoms with E-state index in [1.807, 2.05) is 0 Å². The molecule has 0 spiro atoms. The first-order chi connectivity index (χ1) is 13.2. The zero-order chi connectivity index (χ0) is 19.5. The molecule has 0 aliphatic rings. The first-order valence-corrected chi connectivity index (χ1v) is 10.1. The molecule has 6 nitrogen and oxygen atoms in total. The van der Waals surface area contributed by atoms with Crippen molar-refractivity contribution in [1.82, 2.24) is 15.6 Å². The van der Waals surface area contributed by atoms with Gasteiger partial charge in [-0.3, -0.25) is 4.99 Å². The van der Waals surface area contributed by atoms with E-state index in [-0.39, 0.29) is 0 Å². The van der Waals surface area contributed by atoms with Gasteiger partial charge in [-0.05, 0) is 25.0 Å². The van der Waals surface area contributed by atoms with E-state index in [2.05, 4.69) is 58.0 Å². The first kappa shape index (κ1) is 21.2. The quantitative estimate of drug-likeness (QED) is 0.370. The Morgan fingerprint density at radius 2 is 2.04 bits per heavy atom. The molecule has 0 bridgehead atoms. The lowest BCUT2D eigenvalue weighted by Crippen LogP contribution is -2.36. The number of aliphatic imine (C=N–C) groups is 1. The van der Waals surface area contributed by atoms with Crippen LogP contribution in [0.5, 0.6) is 5.75 Å². The third-order valence-electron chi connectivity index (χ3n) is 3.98. The van der Waals surface area contributed by atoms with Crippen molar-refractivity contribution < 1.29 is 9.47 Å². The number of aryl methyl sites for hydroxylation is 2. The van der Waals surface area contributed by atoms with Gasteiger partial charge in [0.15, 0.2) is 5.96 Å². The van der Waals surface area contributed by atoms with Crippen LogP contribution in [0, 0.1) is 6.92 Å². The summed E-state index contributed by atoms with van der Waals surface area (Å²) < 4.78 is 11.0. The number of hydrogen-bond acceptors (Lipinski definition) is 5. The minimum Gasteiger partial charge on any atom is -0.493 e. The van der Waals surface area contributed by atoms with E-state index >= 15 is 0 Å². The fourth-order valence-corrected chi connectivity index (χ4v) is 3.24. The molecule has 1 aromatic carbocycles. The summed E-state index contributed by atoms with van der Waals surface area (Å²) >= 11 is 1.70. The number of guanidine groups is 1. The lowest BCUT2D eigenvalue weighted by atomic mass is 10.1. The highest BCUT2D eigenvalue weighted by Gasteiger charge is 2.07. The van der Waals surface area contributed by atoms with Gasteiger partial charge in [0.2, 0.25) is 0 Å². The van der Waals surface area contributed by atoms with E-state index in [0.717, 1.165) is 40.8 Å². The maximum absolute atomic E-state index is 5.94. The minimum atomic E-state index is 0.636. The van der Waals surface area contributed by atoms with Gasteiger partial charge in [0.05, 0.1) is 23.9 Å². The molecule has 2 aromatic rings. The Hall–Kier alpha value is -2.12. The molecule has 1 heterocycles. The third kappa shape index (κ3) is 7.19. The van der Waals surface area contributed by atoms with Crippen LogP contribution in [0.25, 0.3) is 0 Å². The largest absolute Gasteiger partial charge is 0.493 e. The molecular formula is C20H30N4O2S. The molecule has 0 fully saturated rings. The number of methoxy groups -OCH3 is 1. The molecule has 0 unspecified atom stereocenters. The molecule has 2 N–H and O–H groups in total. The number of ether oxygens (including phenoxy) is 2. The van der Waals surface area contributed by atoms with Gasteiger partial charge in [-0.2, -0.15) is 0 Å². The third-order valence-corrected chi connectivity index (χ3v) is 5.02. The molecule has 0 atom stereocenters. The van der Waals surface area contributed by atoms with E-state index in [4.69, 9.17) is 9.47 Å². The van der Waals surface area contributed by atoms with Gasteiger partial charge in [-0.1, -0.05) is 19.1 Å². The number of hydrogen-bond donors (Lipinski definition) is 2. The summed E-state index contributed by atoms with van der Waals surface area (Å²) in [6.45, 7) is 6.82. The summed E-state index contributed by atoms with van der Waals surface area (Å²) in [7, 11) is 3.47. The van der Waals surface area contributed by atoms with Gasteiger partial charge in [-0.25, -0.2) is 4.98 Å². The maximum Gasteiger partial charge on any atom is 0.191 e. The number of nitrogens with zero attached hydrogens (tertiary/aromatic N) is 2. The predicted octanol–water partition coefficient (Wildman–Crippen LogP) is 3.29. The van der Waals surface area contributed by atoms with Gasteiger partial charge in [0, 0.05) is 44.7 Å². The number of nitrogens with one attached hydrogen (secondary N) is 2. The second-order valence-corrected chi connectivity index (χ2v) is 7.11. The number of aromatic nitrogens is 1. The highest BCUT2D eigenvalue weighted by Crippen LogP contribution is 2.20. The molecule has 0 aliphatic carbocycles. The number of rotatable bonds is 10. The minimum absolute atomic E-state index is 0.636. The molecule has 1 aromatic heterocycles. The maximum atomic E-state index is 5.94. The van der Waals surface area contributed by atoms with Gasteiger partial charge >= 0.3 is 0 Å². The van der Waals surface area contributed by atoms with Crippen molar-refractivity contribution in [2.75, 3.05) is 27.4 Å². The fraction of sp³-hybridized carbons (Fsp3) is 0.500. The Labute approximate surface area is 166 Å². The number of benzene rings is 1. The predicted molar refractivity (Wildman–Crippen MR) is 112 cm³/mol. The lowest BCUT2D eigenvalue weighted by molar-refractivity contribution is 0.171. The van der Waals surface area contributed by atoms with Crippen molar-refractivity contribution in [3.05, 3.63) is 45.4 Å². The summed E-state index contributed by atoms with van der Waals surface area (Å²) in [5.41, 5.74) is 3.32. The molecule has 2 rings (SSSR count). The summed E-state index contributed by atoms with van der Waals surface area (Å²) in [5, 5.41) is 9.90. The monoisotopic (exact) mass is 390 g/mol. The average molecular weight is 391 g/mol. The zero-order valence-electron chi connectivity index (χ0n) is 16.7. The van der Waals surface area contributed by atoms with E-state index in [1.165, 1.54) is 5.56 Å². The van der Waals surface area contributed by atoms with E-state index < -0.39 is 0 Å². The Kier molecular flexibility index (Phi) is 9.07. The van der Waals surface area contributed by atoms with Crippen LogP contribution in [0.3, 0.4) is 0 Å². The molecule has 0 saturated heterocycles. The van der Waals surface area contributed by atoms with Gasteiger partial charge in [0.25, 0.3) is 0 Å². The second kappa shape index (κ2) is 11.6. The summed E-state index contributed by atoms with van der Waals surface area (Å²) in [5.74, 6) is 1.65. The molecule has 0 aliphatic heterocycles. The summed E-state index contributed by atoms with van der Waals surface area (Å²) in [4.78, 5) is 8.86. The van der Waals surface area contributed by atoms with Crippen molar-refractivity contribution in [2.24, 2.45) is 4.99 Å². The molecule has 0 saturated carbocycles. The molecule has 0 radical (unpaired) electrons. The second-order valence-electron chi connectivity index (χ2n) is 6.17.